The van der Waals surface area contributed by atoms with Crippen LogP contribution in [0, 0.1) is 10.1 Å². The first-order valence-electron chi connectivity index (χ1n) is 20.4. The zero-order valence-electron chi connectivity index (χ0n) is 37.7. The molecule has 1 unspecified atom stereocenters. The van der Waals surface area contributed by atoms with E-state index in [1.807, 2.05) is 0 Å². The van der Waals surface area contributed by atoms with Crippen LogP contribution < -0.4 is 9.47 Å². The highest BCUT2D eigenvalue weighted by Gasteiger charge is 2.92. The predicted molar refractivity (Wildman–Crippen MR) is 197 cm³/mol. The van der Waals surface area contributed by atoms with Crippen LogP contribution in [0.4, 0.5) is 125 Å². The van der Waals surface area contributed by atoms with Crippen molar-refractivity contribution in [2.24, 2.45) is 0 Å². The number of alkyl halides is 26. The Morgan fingerprint density at radius 3 is 1.19 bits per heavy atom. The number of amides is 1. The highest BCUT2D eigenvalue weighted by atomic mass is 28.4. The Morgan fingerprint density at radius 1 is 0.568 bits per heavy atom. The minimum atomic E-state index is -8.29. The first kappa shape index (κ1) is 67.8. The number of nitro benzene ring substituents is 1. The maximum atomic E-state index is 14.5. The number of hydrogen-bond acceptors (Lipinski definition) is 8. The van der Waals surface area contributed by atoms with E-state index in [-0.39, 0.29) is 38.4 Å². The van der Waals surface area contributed by atoms with Crippen LogP contribution in [0.5, 0.6) is 11.5 Å². The van der Waals surface area contributed by atoms with Crippen molar-refractivity contribution in [1.29, 1.82) is 0 Å². The maximum Gasteiger partial charge on any atom is 0.500 e. The van der Waals surface area contributed by atoms with Crippen molar-refractivity contribution in [3.63, 3.8) is 0 Å². The summed E-state index contributed by atoms with van der Waals surface area (Å²) in [6.45, 7) is 1.36. The molecule has 0 aromatic heterocycles. The minimum Gasteiger partial charge on any atom is -0.490 e. The van der Waals surface area contributed by atoms with Crippen LogP contribution in [0.25, 0.3) is 0 Å². The van der Waals surface area contributed by atoms with Gasteiger partial charge in [-0.1, -0.05) is 0 Å². The van der Waals surface area contributed by atoms with Gasteiger partial charge in [0.2, 0.25) is 0 Å². The molecule has 1 amide bonds. The largest absolute Gasteiger partial charge is 0.500 e. The topological polar surface area (TPSA) is 130 Å². The number of hydrogen-bond donors (Lipinski definition) is 1. The van der Waals surface area contributed by atoms with Crippen LogP contribution in [0.3, 0.4) is 0 Å². The summed E-state index contributed by atoms with van der Waals surface area (Å²) >= 11 is 0. The molecule has 0 aliphatic carbocycles. The van der Waals surface area contributed by atoms with Crippen molar-refractivity contribution < 1.29 is 152 Å². The Kier molecular flexibility index (Phi) is 21.2. The summed E-state index contributed by atoms with van der Waals surface area (Å²) in [5.41, 5.74) is -2.24. The quantitative estimate of drug-likeness (QED) is 0.0254. The summed E-state index contributed by atoms with van der Waals surface area (Å²) in [6, 6.07) is -1.61. The molecule has 0 heterocycles. The van der Waals surface area contributed by atoms with Gasteiger partial charge in [0, 0.05) is 45.3 Å². The number of rotatable bonds is 31. The molecule has 0 saturated heterocycles. The lowest BCUT2D eigenvalue weighted by atomic mass is 9.92. The van der Waals surface area contributed by atoms with Gasteiger partial charge in [0.05, 0.1) is 35.8 Å². The summed E-state index contributed by atoms with van der Waals surface area (Å²) < 4.78 is 380. The first-order chi connectivity index (χ1) is 33.0. The van der Waals surface area contributed by atoms with Crippen molar-refractivity contribution in [2.75, 3.05) is 39.6 Å². The number of halogens is 26. The van der Waals surface area contributed by atoms with E-state index >= 15 is 0 Å². The van der Waals surface area contributed by atoms with E-state index < -0.39 is 166 Å². The van der Waals surface area contributed by atoms with Gasteiger partial charge >= 0.3 is 86.5 Å². The third-order valence-electron chi connectivity index (χ3n) is 10.2. The number of carbonyl (C=O) groups is 1. The zero-order chi connectivity index (χ0) is 58.6. The fraction of sp³-hybridized carbons (Fsp3) is 0.806. The molecule has 434 valence electrons. The number of nitrogens with zero attached hydrogens (tertiary/aromatic N) is 2. The monoisotopic (exact) mass is 1170 g/mol. The molecular formula is C36H40F26N2O9Si. The van der Waals surface area contributed by atoms with Gasteiger partial charge in [-0.3, -0.25) is 10.1 Å². The fourth-order valence-corrected chi connectivity index (χ4v) is 8.84. The smallest absolute Gasteiger partial charge is 0.490 e. The van der Waals surface area contributed by atoms with Crippen LogP contribution in [0.15, 0.2) is 12.1 Å². The summed E-state index contributed by atoms with van der Waals surface area (Å²) in [5, 5.41) is 22.3. The van der Waals surface area contributed by atoms with E-state index in [4.69, 9.17) is 22.8 Å². The number of nitro groups is 1. The molecule has 74 heavy (non-hydrogen) atoms. The number of ether oxygens (including phenoxy) is 2. The summed E-state index contributed by atoms with van der Waals surface area (Å²) in [7, 11) is -3.56. The molecule has 0 saturated carbocycles. The van der Waals surface area contributed by atoms with Crippen LogP contribution in [0.1, 0.15) is 71.4 Å². The van der Waals surface area contributed by atoms with Crippen molar-refractivity contribution in [1.82, 2.24) is 4.90 Å². The molecule has 38 heteroatoms. The van der Waals surface area contributed by atoms with Gasteiger partial charge in [-0.2, -0.15) is 114 Å². The summed E-state index contributed by atoms with van der Waals surface area (Å²) in [5.74, 6) is -80.9. The van der Waals surface area contributed by atoms with Gasteiger partial charge in [-0.25, -0.2) is 4.79 Å². The lowest BCUT2D eigenvalue weighted by Gasteiger charge is -2.39. The summed E-state index contributed by atoms with van der Waals surface area (Å²) in [4.78, 5) is 23.7. The Hall–Kier alpha value is -4.23. The van der Waals surface area contributed by atoms with Crippen LogP contribution >= 0.6 is 0 Å². The third kappa shape index (κ3) is 12.9. The normalized spacial score (nSPS) is 15.1. The second-order valence-electron chi connectivity index (χ2n) is 15.3. The Balaban J connectivity index is 3.82. The first-order valence-corrected chi connectivity index (χ1v) is 22.3. The molecule has 0 bridgehead atoms. The molecule has 1 rings (SSSR count). The molecule has 0 radical (unpaired) electrons. The Morgan fingerprint density at radius 2 is 0.892 bits per heavy atom. The van der Waals surface area contributed by atoms with E-state index in [1.165, 1.54) is 20.8 Å². The van der Waals surface area contributed by atoms with E-state index in [0.717, 1.165) is 6.92 Å². The van der Waals surface area contributed by atoms with Gasteiger partial charge in [0.15, 0.2) is 11.5 Å². The minimum absolute atomic E-state index is 0.00857. The second-order valence-corrected chi connectivity index (χ2v) is 18.0. The van der Waals surface area contributed by atoms with E-state index in [1.54, 1.807) is 0 Å². The molecule has 0 aliphatic heterocycles. The van der Waals surface area contributed by atoms with Crippen molar-refractivity contribution in [3.8, 4) is 11.5 Å². The Bertz CT molecular complexity index is 2020. The van der Waals surface area contributed by atoms with Gasteiger partial charge in [0.1, 0.15) is 0 Å². The van der Waals surface area contributed by atoms with Crippen LogP contribution in [-0.2, 0) is 13.3 Å². The molecule has 11 nitrogen and oxygen atoms in total. The van der Waals surface area contributed by atoms with Gasteiger partial charge < -0.3 is 32.8 Å². The lowest BCUT2D eigenvalue weighted by molar-refractivity contribution is -0.440. The highest BCUT2D eigenvalue weighted by Crippen LogP contribution is 2.62. The van der Waals surface area contributed by atoms with Gasteiger partial charge in [-0.05, 0) is 53.0 Å². The van der Waals surface area contributed by atoms with Crippen LogP contribution in [0.2, 0.25) is 6.04 Å². The van der Waals surface area contributed by atoms with E-state index in [2.05, 4.69) is 0 Å². The van der Waals surface area contributed by atoms with Crippen molar-refractivity contribution >= 4 is 20.6 Å². The average molecular weight is 1170 g/mol. The van der Waals surface area contributed by atoms with Crippen molar-refractivity contribution in [2.45, 2.75) is 143 Å². The number of benzene rings is 1. The number of carboxylic acid groups (broad SMARTS) is 1. The maximum absolute atomic E-state index is 14.5. The predicted octanol–water partition coefficient (Wildman–Crippen LogP) is 13.9. The van der Waals surface area contributed by atoms with E-state index in [0.29, 0.717) is 11.0 Å². The molecule has 0 fully saturated rings. The molecule has 1 aromatic carbocycles. The van der Waals surface area contributed by atoms with Gasteiger partial charge in [0.25, 0.3) is 5.69 Å². The third-order valence-corrected chi connectivity index (χ3v) is 13.4. The van der Waals surface area contributed by atoms with Crippen molar-refractivity contribution in [3.05, 3.63) is 27.8 Å². The molecule has 0 aliphatic rings. The SMILES string of the molecule is CCO[Si](CCCN(C(=O)O)C(C)c1cc(OCCCC(F)(F)C(F)(F)C(F)(F)C(F)(F)C(F)(F)C(F)(F)F)c(OCCCC(F)(F)C(F)(F)C(F)(F)C(F)(F)C(F)(F)C(F)(F)F)cc1[N+](=O)[O-])(OCC)OCC. The fourth-order valence-electron chi connectivity index (χ4n) is 6.24. The molecule has 1 atom stereocenters. The molecule has 1 N–H and O–H groups in total. The van der Waals surface area contributed by atoms with Crippen LogP contribution in [-0.4, -0.2) is 141 Å². The summed E-state index contributed by atoms with van der Waals surface area (Å²) in [6.07, 6.45) is -27.4. The second kappa shape index (κ2) is 23.2. The standard InChI is InChI=1S/C36H40F26N2O9Si/c1-5-71-74(72-6-2,73-7-3)16-10-13-63(24(65)66)19(4)20-17-22(69-14-8-11-25(37,38)27(41,42)29(45,46)31(49,50)33(53,54)35(57,58)59)23(18-21(20)64(67)68)70-15-9-12-26(39,40)28(43,44)30(47,48)32(51,52)34(55,56)36(60,61)62/h17-19H,5-16H2,1-4H3,(H,65,66). The average Bonchev–Trinajstić information content (AvgIpc) is 3.24. The Labute approximate surface area is 399 Å². The van der Waals surface area contributed by atoms with E-state index in [9.17, 15) is 134 Å². The molecule has 1 aromatic rings. The van der Waals surface area contributed by atoms with Gasteiger partial charge in [-0.15, -0.1) is 0 Å². The lowest BCUT2D eigenvalue weighted by Crippen LogP contribution is -2.70. The highest BCUT2D eigenvalue weighted by molar-refractivity contribution is 6.60. The molecule has 0 spiro atoms. The molecular weight excluding hydrogens is 1130 g/mol. The zero-order valence-corrected chi connectivity index (χ0v) is 38.7.